The number of rotatable bonds is 5. The number of hydrogen-bond acceptors (Lipinski definition) is 4. The topological polar surface area (TPSA) is 45.8 Å². The van der Waals surface area contributed by atoms with Crippen molar-refractivity contribution in [1.29, 1.82) is 0 Å². The highest BCUT2D eigenvalue weighted by molar-refractivity contribution is 7.80. The van der Waals surface area contributed by atoms with Crippen LogP contribution in [0.2, 0.25) is 0 Å². The lowest BCUT2D eigenvalue weighted by Crippen LogP contribution is -2.56. The molecule has 3 saturated heterocycles. The Labute approximate surface area is 155 Å². The number of nitrogens with zero attached hydrogens (tertiary/aromatic N) is 1. The largest absolute Gasteiger partial charge is 0.497 e. The van der Waals surface area contributed by atoms with Crippen LogP contribution in [0.15, 0.2) is 18.2 Å². The van der Waals surface area contributed by atoms with Crippen molar-refractivity contribution in [2.75, 3.05) is 39.2 Å². The lowest BCUT2D eigenvalue weighted by Gasteiger charge is -2.48. The van der Waals surface area contributed by atoms with Crippen molar-refractivity contribution in [1.82, 2.24) is 10.2 Å². The van der Waals surface area contributed by atoms with Crippen LogP contribution in [0.1, 0.15) is 12.8 Å². The Hall–Kier alpha value is -1.97. The third-order valence-corrected chi connectivity index (χ3v) is 5.45. The van der Waals surface area contributed by atoms with Crippen LogP contribution in [-0.4, -0.2) is 49.9 Å². The fourth-order valence-corrected chi connectivity index (χ4v) is 4.01. The Morgan fingerprint density at radius 2 is 2.04 bits per heavy atom. The molecule has 2 bridgehead atoms. The van der Waals surface area contributed by atoms with E-state index in [0.29, 0.717) is 23.0 Å². The van der Waals surface area contributed by atoms with Crippen molar-refractivity contribution in [2.24, 2.45) is 11.8 Å². The molecular weight excluding hydrogens is 334 g/mol. The van der Waals surface area contributed by atoms with Crippen molar-refractivity contribution in [3.05, 3.63) is 18.2 Å². The summed E-state index contributed by atoms with van der Waals surface area (Å²) in [7, 11) is 3.26. The van der Waals surface area contributed by atoms with Crippen molar-refractivity contribution in [3.8, 4) is 23.8 Å². The zero-order chi connectivity index (χ0) is 17.8. The van der Waals surface area contributed by atoms with Crippen LogP contribution in [0.25, 0.3) is 0 Å². The van der Waals surface area contributed by atoms with Crippen molar-refractivity contribution >= 4 is 23.0 Å². The molecule has 0 radical (unpaired) electrons. The number of terminal acetylenes is 1. The highest BCUT2D eigenvalue weighted by atomic mass is 32.1. The predicted octanol–water partition coefficient (Wildman–Crippen LogP) is 2.33. The molecule has 0 aliphatic carbocycles. The normalized spacial score (nSPS) is 27.2. The van der Waals surface area contributed by atoms with Crippen LogP contribution in [0.5, 0.6) is 11.5 Å². The maximum absolute atomic E-state index is 5.65. The van der Waals surface area contributed by atoms with Crippen LogP contribution in [-0.2, 0) is 0 Å². The van der Waals surface area contributed by atoms with E-state index in [2.05, 4.69) is 21.5 Å². The van der Waals surface area contributed by atoms with E-state index in [1.165, 1.54) is 6.42 Å². The second-order valence-corrected chi connectivity index (χ2v) is 7.05. The minimum absolute atomic E-state index is 0.416. The SMILES string of the molecule is C#CC1CN2CCC1CC2CNC(=S)Nc1cc(OC)cc(OC)c1. The average molecular weight is 359 g/mol. The third-order valence-electron chi connectivity index (χ3n) is 5.20. The molecule has 4 atom stereocenters. The van der Waals surface area contributed by atoms with Gasteiger partial charge in [0.25, 0.3) is 0 Å². The van der Waals surface area contributed by atoms with E-state index in [4.69, 9.17) is 28.1 Å². The fourth-order valence-electron chi connectivity index (χ4n) is 3.80. The first kappa shape index (κ1) is 17.8. The molecule has 2 N–H and O–H groups in total. The summed E-state index contributed by atoms with van der Waals surface area (Å²) in [6.07, 6.45) is 8.02. The lowest BCUT2D eigenvalue weighted by molar-refractivity contribution is 0.0248. The van der Waals surface area contributed by atoms with E-state index >= 15 is 0 Å². The number of fused-ring (bicyclic) bond motifs is 3. The third kappa shape index (κ3) is 4.17. The van der Waals surface area contributed by atoms with E-state index in [1.54, 1.807) is 14.2 Å². The van der Waals surface area contributed by atoms with Gasteiger partial charge in [-0.2, -0.15) is 0 Å². The van der Waals surface area contributed by atoms with Crippen molar-refractivity contribution in [3.63, 3.8) is 0 Å². The monoisotopic (exact) mass is 359 g/mol. The van der Waals surface area contributed by atoms with Crippen molar-refractivity contribution < 1.29 is 9.47 Å². The molecule has 0 amide bonds. The fraction of sp³-hybridized carbons (Fsp3) is 0.526. The predicted molar refractivity (Wildman–Crippen MR) is 104 cm³/mol. The summed E-state index contributed by atoms with van der Waals surface area (Å²) in [5.41, 5.74) is 0.839. The van der Waals surface area contributed by atoms with Gasteiger partial charge in [-0.15, -0.1) is 12.3 Å². The molecule has 0 spiro atoms. The number of ether oxygens (including phenoxy) is 2. The number of methoxy groups -OCH3 is 2. The van der Waals surface area contributed by atoms with Gasteiger partial charge in [0.1, 0.15) is 11.5 Å². The summed E-state index contributed by atoms with van der Waals surface area (Å²) in [5, 5.41) is 7.15. The summed E-state index contributed by atoms with van der Waals surface area (Å²) in [6.45, 7) is 2.99. The number of piperidine rings is 3. The average Bonchev–Trinajstić information content (AvgIpc) is 2.66. The van der Waals surface area contributed by atoms with Gasteiger partial charge in [0, 0.05) is 48.9 Å². The zero-order valence-corrected chi connectivity index (χ0v) is 15.6. The second-order valence-electron chi connectivity index (χ2n) is 6.64. The number of anilines is 1. The Morgan fingerprint density at radius 1 is 1.32 bits per heavy atom. The quantitative estimate of drug-likeness (QED) is 0.622. The van der Waals surface area contributed by atoms with Gasteiger partial charge in [0.2, 0.25) is 0 Å². The number of hydrogen-bond donors (Lipinski definition) is 2. The Morgan fingerprint density at radius 3 is 2.60 bits per heavy atom. The van der Waals surface area contributed by atoms with Gasteiger partial charge in [-0.1, -0.05) is 0 Å². The lowest BCUT2D eigenvalue weighted by atomic mass is 9.76. The molecule has 4 rings (SSSR count). The maximum Gasteiger partial charge on any atom is 0.170 e. The summed E-state index contributed by atoms with van der Waals surface area (Å²) >= 11 is 5.44. The van der Waals surface area contributed by atoms with Crippen LogP contribution < -0.4 is 20.1 Å². The van der Waals surface area contributed by atoms with Gasteiger partial charge in [-0.25, -0.2) is 0 Å². The molecule has 3 aliphatic heterocycles. The minimum Gasteiger partial charge on any atom is -0.497 e. The minimum atomic E-state index is 0.416. The summed E-state index contributed by atoms with van der Waals surface area (Å²) in [6, 6.07) is 6.11. The molecule has 1 aromatic rings. The Balaban J connectivity index is 1.53. The van der Waals surface area contributed by atoms with E-state index in [9.17, 15) is 0 Å². The number of nitrogens with one attached hydrogen (secondary N) is 2. The molecular formula is C19H25N3O2S. The smallest absolute Gasteiger partial charge is 0.170 e. The van der Waals surface area contributed by atoms with Gasteiger partial charge < -0.3 is 20.1 Å². The van der Waals surface area contributed by atoms with Gasteiger partial charge in [-0.05, 0) is 37.5 Å². The first-order valence-corrected chi connectivity index (χ1v) is 9.02. The molecule has 134 valence electrons. The van der Waals surface area contributed by atoms with Crippen LogP contribution in [0.3, 0.4) is 0 Å². The molecule has 6 heteroatoms. The van der Waals surface area contributed by atoms with Gasteiger partial charge in [0.15, 0.2) is 5.11 Å². The van der Waals surface area contributed by atoms with Gasteiger partial charge in [0.05, 0.1) is 14.2 Å². The number of benzene rings is 1. The molecule has 4 unspecified atom stereocenters. The molecule has 3 fully saturated rings. The van der Waals surface area contributed by atoms with Crippen LogP contribution in [0, 0.1) is 24.2 Å². The summed E-state index contributed by atoms with van der Waals surface area (Å²) < 4.78 is 10.6. The van der Waals surface area contributed by atoms with Crippen LogP contribution in [0.4, 0.5) is 5.69 Å². The van der Waals surface area contributed by atoms with E-state index in [1.807, 2.05) is 18.2 Å². The maximum atomic E-state index is 5.65. The first-order valence-electron chi connectivity index (χ1n) is 8.61. The van der Waals surface area contributed by atoms with E-state index < -0.39 is 0 Å². The van der Waals surface area contributed by atoms with E-state index in [0.717, 1.165) is 43.2 Å². The van der Waals surface area contributed by atoms with Crippen molar-refractivity contribution in [2.45, 2.75) is 18.9 Å². The standard InChI is InChI=1S/C19H25N3O2S/c1-4-13-12-22-6-5-14(13)7-16(22)11-20-19(25)21-15-8-17(23-2)10-18(9-15)24-3/h1,8-10,13-14,16H,5-7,11-12H2,2-3H3,(H2,20,21,25). The molecule has 3 heterocycles. The zero-order valence-electron chi connectivity index (χ0n) is 14.7. The molecule has 1 aromatic carbocycles. The Bertz CT molecular complexity index is 651. The van der Waals surface area contributed by atoms with Crippen LogP contribution >= 0.6 is 12.2 Å². The molecule has 5 nitrogen and oxygen atoms in total. The summed E-state index contributed by atoms with van der Waals surface area (Å²) in [4.78, 5) is 2.49. The highest BCUT2D eigenvalue weighted by Crippen LogP contribution is 2.35. The van der Waals surface area contributed by atoms with Gasteiger partial charge in [-0.3, -0.25) is 4.90 Å². The second kappa shape index (κ2) is 7.94. The molecule has 0 aromatic heterocycles. The molecule has 3 aliphatic rings. The summed E-state index contributed by atoms with van der Waals surface area (Å²) in [5.74, 6) is 5.47. The molecule has 25 heavy (non-hydrogen) atoms. The molecule has 0 saturated carbocycles. The van der Waals surface area contributed by atoms with Gasteiger partial charge >= 0.3 is 0 Å². The Kier molecular flexibility index (Phi) is 5.67. The highest BCUT2D eigenvalue weighted by Gasteiger charge is 2.39. The van der Waals surface area contributed by atoms with E-state index in [-0.39, 0.29) is 0 Å². The first-order chi connectivity index (χ1) is 12.1. The number of thiocarbonyl (C=S) groups is 1.